The van der Waals surface area contributed by atoms with Crippen LogP contribution in [0.2, 0.25) is 0 Å². The first-order valence-electron chi connectivity index (χ1n) is 5.76. The average Bonchev–Trinajstić information content (AvgIpc) is 2.89. The Balaban J connectivity index is 2.15. The summed E-state index contributed by atoms with van der Waals surface area (Å²) in [6.45, 7) is 0. The Hall–Kier alpha value is -2.69. The van der Waals surface area contributed by atoms with Gasteiger partial charge in [0.15, 0.2) is 5.82 Å². The predicted molar refractivity (Wildman–Crippen MR) is 71.2 cm³/mol. The molecule has 0 fully saturated rings. The quantitative estimate of drug-likeness (QED) is 0.715. The Morgan fingerprint density at radius 2 is 1.84 bits per heavy atom. The SMILES string of the molecule is Nc1ccc(-c2nncn2-c2ccccc2)c(F)c1. The van der Waals surface area contributed by atoms with Gasteiger partial charge in [-0.2, -0.15) is 0 Å². The fourth-order valence-corrected chi connectivity index (χ4v) is 1.91. The van der Waals surface area contributed by atoms with Gasteiger partial charge >= 0.3 is 0 Å². The Morgan fingerprint density at radius 1 is 1.05 bits per heavy atom. The van der Waals surface area contributed by atoms with Gasteiger partial charge < -0.3 is 5.73 Å². The third kappa shape index (κ3) is 2.06. The van der Waals surface area contributed by atoms with E-state index in [1.165, 1.54) is 6.07 Å². The topological polar surface area (TPSA) is 56.7 Å². The average molecular weight is 254 g/mol. The molecule has 0 amide bonds. The smallest absolute Gasteiger partial charge is 0.171 e. The Bertz CT molecular complexity index is 706. The Labute approximate surface area is 109 Å². The lowest BCUT2D eigenvalue weighted by atomic mass is 10.1. The van der Waals surface area contributed by atoms with Gasteiger partial charge in [-0.3, -0.25) is 4.57 Å². The summed E-state index contributed by atoms with van der Waals surface area (Å²) < 4.78 is 15.7. The minimum absolute atomic E-state index is 0.371. The highest BCUT2D eigenvalue weighted by Crippen LogP contribution is 2.24. The molecule has 3 rings (SSSR count). The van der Waals surface area contributed by atoms with E-state index in [1.807, 2.05) is 30.3 Å². The minimum atomic E-state index is -0.412. The summed E-state index contributed by atoms with van der Waals surface area (Å²) in [5.41, 5.74) is 7.17. The number of anilines is 1. The minimum Gasteiger partial charge on any atom is -0.399 e. The molecule has 0 aliphatic heterocycles. The molecular formula is C14H11FN4. The molecule has 2 N–H and O–H groups in total. The van der Waals surface area contributed by atoms with Gasteiger partial charge in [0.25, 0.3) is 0 Å². The molecule has 0 bridgehead atoms. The maximum atomic E-state index is 13.9. The summed E-state index contributed by atoms with van der Waals surface area (Å²) >= 11 is 0. The molecule has 19 heavy (non-hydrogen) atoms. The summed E-state index contributed by atoms with van der Waals surface area (Å²) in [6, 6.07) is 14.0. The van der Waals surface area contributed by atoms with Gasteiger partial charge in [-0.1, -0.05) is 18.2 Å². The van der Waals surface area contributed by atoms with Crippen molar-refractivity contribution in [2.45, 2.75) is 0 Å². The zero-order valence-electron chi connectivity index (χ0n) is 9.99. The molecule has 1 heterocycles. The van der Waals surface area contributed by atoms with E-state index >= 15 is 0 Å². The summed E-state index contributed by atoms with van der Waals surface area (Å²) in [4.78, 5) is 0. The van der Waals surface area contributed by atoms with E-state index < -0.39 is 5.82 Å². The maximum absolute atomic E-state index is 13.9. The van der Waals surface area contributed by atoms with Gasteiger partial charge in [-0.05, 0) is 30.3 Å². The van der Waals surface area contributed by atoms with Crippen molar-refractivity contribution in [1.82, 2.24) is 14.8 Å². The number of nitrogens with zero attached hydrogens (tertiary/aromatic N) is 3. The molecule has 0 atom stereocenters. The van der Waals surface area contributed by atoms with Crippen LogP contribution in [0.5, 0.6) is 0 Å². The third-order valence-electron chi connectivity index (χ3n) is 2.82. The largest absolute Gasteiger partial charge is 0.399 e. The second-order valence-electron chi connectivity index (χ2n) is 4.10. The van der Waals surface area contributed by atoms with E-state index in [0.717, 1.165) is 5.69 Å². The number of nitrogen functional groups attached to an aromatic ring is 1. The number of para-hydroxylation sites is 1. The van der Waals surface area contributed by atoms with Crippen molar-refractivity contribution in [2.75, 3.05) is 5.73 Å². The van der Waals surface area contributed by atoms with Gasteiger partial charge in [0.1, 0.15) is 12.1 Å². The van der Waals surface area contributed by atoms with Gasteiger partial charge in [-0.25, -0.2) is 4.39 Å². The molecule has 2 aromatic carbocycles. The van der Waals surface area contributed by atoms with E-state index in [2.05, 4.69) is 10.2 Å². The molecule has 0 aliphatic rings. The van der Waals surface area contributed by atoms with Crippen LogP contribution in [-0.4, -0.2) is 14.8 Å². The van der Waals surface area contributed by atoms with Crippen LogP contribution in [0.15, 0.2) is 54.9 Å². The molecule has 4 nitrogen and oxygen atoms in total. The van der Waals surface area contributed by atoms with Crippen LogP contribution in [-0.2, 0) is 0 Å². The van der Waals surface area contributed by atoms with Crippen molar-refractivity contribution in [2.24, 2.45) is 0 Å². The van der Waals surface area contributed by atoms with E-state index in [0.29, 0.717) is 17.1 Å². The summed E-state index contributed by atoms with van der Waals surface area (Å²) in [7, 11) is 0. The maximum Gasteiger partial charge on any atom is 0.171 e. The number of nitrogens with two attached hydrogens (primary N) is 1. The Morgan fingerprint density at radius 3 is 2.58 bits per heavy atom. The lowest BCUT2D eigenvalue weighted by Gasteiger charge is -2.07. The molecule has 0 saturated heterocycles. The summed E-state index contributed by atoms with van der Waals surface area (Å²) in [6.07, 6.45) is 1.56. The van der Waals surface area contributed by atoms with Crippen LogP contribution in [0.1, 0.15) is 0 Å². The first kappa shape index (κ1) is 11.4. The first-order chi connectivity index (χ1) is 9.25. The summed E-state index contributed by atoms with van der Waals surface area (Å²) in [5.74, 6) is 0.0360. The molecular weight excluding hydrogens is 243 g/mol. The number of benzene rings is 2. The van der Waals surface area contributed by atoms with Crippen LogP contribution >= 0.6 is 0 Å². The lowest BCUT2D eigenvalue weighted by Crippen LogP contribution is -1.98. The lowest BCUT2D eigenvalue weighted by molar-refractivity contribution is 0.630. The zero-order valence-corrected chi connectivity index (χ0v) is 9.99. The highest BCUT2D eigenvalue weighted by Gasteiger charge is 2.13. The molecule has 1 aromatic heterocycles. The fourth-order valence-electron chi connectivity index (χ4n) is 1.91. The monoisotopic (exact) mass is 254 g/mol. The molecule has 0 unspecified atom stereocenters. The van der Waals surface area contributed by atoms with Gasteiger partial charge in [-0.15, -0.1) is 10.2 Å². The van der Waals surface area contributed by atoms with Crippen molar-refractivity contribution < 1.29 is 4.39 Å². The van der Waals surface area contributed by atoms with E-state index in [-0.39, 0.29) is 0 Å². The van der Waals surface area contributed by atoms with Gasteiger partial charge in [0.2, 0.25) is 0 Å². The molecule has 0 saturated carbocycles. The van der Waals surface area contributed by atoms with Crippen LogP contribution in [0.3, 0.4) is 0 Å². The standard InChI is InChI=1S/C14H11FN4/c15-13-8-10(16)6-7-12(13)14-18-17-9-19(14)11-4-2-1-3-5-11/h1-9H,16H2. The van der Waals surface area contributed by atoms with Gasteiger partial charge in [0.05, 0.1) is 5.56 Å². The second kappa shape index (κ2) is 4.53. The normalized spacial score (nSPS) is 10.6. The van der Waals surface area contributed by atoms with Crippen LogP contribution < -0.4 is 5.73 Å². The van der Waals surface area contributed by atoms with Crippen LogP contribution in [0.4, 0.5) is 10.1 Å². The molecule has 3 aromatic rings. The van der Waals surface area contributed by atoms with E-state index in [9.17, 15) is 4.39 Å². The molecule has 0 spiro atoms. The zero-order chi connectivity index (χ0) is 13.2. The molecule has 5 heteroatoms. The van der Waals surface area contributed by atoms with Crippen molar-refractivity contribution >= 4 is 5.69 Å². The van der Waals surface area contributed by atoms with Crippen molar-refractivity contribution in [3.05, 3.63) is 60.7 Å². The highest BCUT2D eigenvalue weighted by atomic mass is 19.1. The van der Waals surface area contributed by atoms with Crippen molar-refractivity contribution in [1.29, 1.82) is 0 Å². The first-order valence-corrected chi connectivity index (χ1v) is 5.76. The van der Waals surface area contributed by atoms with Crippen molar-refractivity contribution in [3.63, 3.8) is 0 Å². The number of halogens is 1. The second-order valence-corrected chi connectivity index (χ2v) is 4.10. The molecule has 94 valence electrons. The van der Waals surface area contributed by atoms with E-state index in [4.69, 9.17) is 5.73 Å². The van der Waals surface area contributed by atoms with Crippen LogP contribution in [0.25, 0.3) is 17.1 Å². The van der Waals surface area contributed by atoms with Crippen molar-refractivity contribution in [3.8, 4) is 17.1 Å². The third-order valence-corrected chi connectivity index (χ3v) is 2.82. The highest BCUT2D eigenvalue weighted by molar-refractivity contribution is 5.61. The molecule has 0 aliphatic carbocycles. The number of hydrogen-bond acceptors (Lipinski definition) is 3. The number of hydrogen-bond donors (Lipinski definition) is 1. The van der Waals surface area contributed by atoms with Gasteiger partial charge in [0, 0.05) is 11.4 Å². The van der Waals surface area contributed by atoms with Crippen LogP contribution in [0, 0.1) is 5.82 Å². The molecule has 0 radical (unpaired) electrons. The number of rotatable bonds is 2. The predicted octanol–water partition coefficient (Wildman–Crippen LogP) is 2.66. The fraction of sp³-hybridized carbons (Fsp3) is 0. The van der Waals surface area contributed by atoms with E-state index in [1.54, 1.807) is 23.0 Å². The Kier molecular flexibility index (Phi) is 2.72. The number of aromatic nitrogens is 3. The summed E-state index contributed by atoms with van der Waals surface area (Å²) in [5, 5.41) is 7.84.